The molecule has 4 rings (SSSR count). The van der Waals surface area contributed by atoms with E-state index in [1.807, 2.05) is 18.2 Å². The summed E-state index contributed by atoms with van der Waals surface area (Å²) in [6, 6.07) is 25.1. The molecular formula is C30H26F2. The Balaban J connectivity index is 1.37. The number of fused-ring (bicyclic) bond motifs is 1. The molecule has 0 aromatic heterocycles. The first-order valence-electron chi connectivity index (χ1n) is 11.2. The molecule has 0 amide bonds. The third kappa shape index (κ3) is 5.62. The molecular weight excluding hydrogens is 398 g/mol. The van der Waals surface area contributed by atoms with Crippen LogP contribution >= 0.6 is 0 Å². The van der Waals surface area contributed by atoms with E-state index < -0.39 is 11.6 Å². The Labute approximate surface area is 188 Å². The molecule has 32 heavy (non-hydrogen) atoms. The van der Waals surface area contributed by atoms with Gasteiger partial charge in [0.2, 0.25) is 0 Å². The standard InChI is InChI=1S/C30H26F2/c1-2-3-4-22-5-7-23(8-6-22)9-10-24-11-13-25(14-12-24)15-16-26-17-18-27-20-29(31)30(32)21-28(27)19-26/h5-8,11-14,17-21H,2-4,9-10H2,1H3. The third-order valence-electron chi connectivity index (χ3n) is 5.73. The van der Waals surface area contributed by atoms with Crippen molar-refractivity contribution in [3.05, 3.63) is 118 Å². The predicted octanol–water partition coefficient (Wildman–Crippen LogP) is 7.65. The summed E-state index contributed by atoms with van der Waals surface area (Å²) in [4.78, 5) is 0. The predicted molar refractivity (Wildman–Crippen MR) is 129 cm³/mol. The van der Waals surface area contributed by atoms with Crippen molar-refractivity contribution in [1.29, 1.82) is 0 Å². The van der Waals surface area contributed by atoms with Crippen molar-refractivity contribution in [3.8, 4) is 11.8 Å². The number of benzene rings is 4. The summed E-state index contributed by atoms with van der Waals surface area (Å²) in [5, 5.41) is 1.30. The highest BCUT2D eigenvalue weighted by atomic mass is 19.2. The van der Waals surface area contributed by atoms with Gasteiger partial charge in [0.05, 0.1) is 0 Å². The fourth-order valence-corrected chi connectivity index (χ4v) is 3.76. The number of rotatable bonds is 6. The second-order valence-corrected chi connectivity index (χ2v) is 8.20. The topological polar surface area (TPSA) is 0 Å². The van der Waals surface area contributed by atoms with Crippen molar-refractivity contribution in [2.24, 2.45) is 0 Å². The molecule has 0 bridgehead atoms. The molecule has 0 aliphatic carbocycles. The van der Waals surface area contributed by atoms with Gasteiger partial charge in [-0.25, -0.2) is 8.78 Å². The van der Waals surface area contributed by atoms with Crippen molar-refractivity contribution < 1.29 is 8.78 Å². The lowest BCUT2D eigenvalue weighted by molar-refractivity contribution is 0.511. The number of halogens is 2. The van der Waals surface area contributed by atoms with Gasteiger partial charge in [0.25, 0.3) is 0 Å². The quantitative estimate of drug-likeness (QED) is 0.279. The van der Waals surface area contributed by atoms with Crippen molar-refractivity contribution in [1.82, 2.24) is 0 Å². The van der Waals surface area contributed by atoms with Crippen LogP contribution in [0.3, 0.4) is 0 Å². The van der Waals surface area contributed by atoms with E-state index in [0.717, 1.165) is 30.4 Å². The third-order valence-corrected chi connectivity index (χ3v) is 5.73. The normalized spacial score (nSPS) is 10.7. The van der Waals surface area contributed by atoms with Crippen LogP contribution in [0.2, 0.25) is 0 Å². The van der Waals surface area contributed by atoms with Gasteiger partial charge in [0.1, 0.15) is 0 Å². The Kier molecular flexibility index (Phi) is 6.97. The molecule has 0 fully saturated rings. The van der Waals surface area contributed by atoms with Crippen LogP contribution in [0, 0.1) is 23.5 Å². The maximum absolute atomic E-state index is 13.5. The van der Waals surface area contributed by atoms with Crippen LogP contribution < -0.4 is 0 Å². The summed E-state index contributed by atoms with van der Waals surface area (Å²) < 4.78 is 26.8. The maximum atomic E-state index is 13.5. The van der Waals surface area contributed by atoms with Crippen LogP contribution in [-0.4, -0.2) is 0 Å². The van der Waals surface area contributed by atoms with Crippen molar-refractivity contribution in [3.63, 3.8) is 0 Å². The zero-order valence-corrected chi connectivity index (χ0v) is 18.3. The number of hydrogen-bond acceptors (Lipinski definition) is 0. The molecule has 0 heterocycles. The molecule has 0 N–H and O–H groups in total. The summed E-state index contributed by atoms with van der Waals surface area (Å²) >= 11 is 0. The molecule has 2 heteroatoms. The van der Waals surface area contributed by atoms with Crippen LogP contribution in [0.1, 0.15) is 47.6 Å². The van der Waals surface area contributed by atoms with Gasteiger partial charge >= 0.3 is 0 Å². The first-order chi connectivity index (χ1) is 15.6. The van der Waals surface area contributed by atoms with Gasteiger partial charge in [0, 0.05) is 11.1 Å². The van der Waals surface area contributed by atoms with Gasteiger partial charge in [-0.2, -0.15) is 0 Å². The second-order valence-electron chi connectivity index (χ2n) is 8.20. The molecule has 4 aromatic rings. The Morgan fingerprint density at radius 2 is 1.06 bits per heavy atom. The summed E-state index contributed by atoms with van der Waals surface area (Å²) in [5.41, 5.74) is 5.77. The smallest absolute Gasteiger partial charge is 0.159 e. The minimum Gasteiger partial charge on any atom is -0.204 e. The molecule has 0 atom stereocenters. The molecule has 0 nitrogen and oxygen atoms in total. The first-order valence-corrected chi connectivity index (χ1v) is 11.2. The minimum absolute atomic E-state index is 0.643. The van der Waals surface area contributed by atoms with Crippen LogP contribution in [0.5, 0.6) is 0 Å². The Hall–Kier alpha value is -3.44. The number of aryl methyl sites for hydroxylation is 3. The molecule has 0 radical (unpaired) electrons. The second kappa shape index (κ2) is 10.2. The van der Waals surface area contributed by atoms with Gasteiger partial charge in [-0.1, -0.05) is 67.6 Å². The fourth-order valence-electron chi connectivity index (χ4n) is 3.76. The summed E-state index contributed by atoms with van der Waals surface area (Å²) in [6.07, 6.45) is 5.65. The number of unbranched alkanes of at least 4 members (excludes halogenated alkanes) is 1. The minimum atomic E-state index is -0.842. The Bertz CT molecular complexity index is 1260. The molecule has 0 spiro atoms. The molecule has 0 aliphatic rings. The van der Waals surface area contributed by atoms with Gasteiger partial charge < -0.3 is 0 Å². The summed E-state index contributed by atoms with van der Waals surface area (Å²) in [6.45, 7) is 2.22. The largest absolute Gasteiger partial charge is 0.204 e. The monoisotopic (exact) mass is 424 g/mol. The van der Waals surface area contributed by atoms with Gasteiger partial charge in [-0.15, -0.1) is 0 Å². The highest BCUT2D eigenvalue weighted by Gasteiger charge is 2.04. The molecule has 160 valence electrons. The van der Waals surface area contributed by atoms with Crippen molar-refractivity contribution in [2.75, 3.05) is 0 Å². The lowest BCUT2D eigenvalue weighted by Crippen LogP contribution is -1.92. The van der Waals surface area contributed by atoms with E-state index in [-0.39, 0.29) is 0 Å². The lowest BCUT2D eigenvalue weighted by atomic mass is 10.0. The molecule has 0 saturated heterocycles. The molecule has 0 saturated carbocycles. The van der Waals surface area contributed by atoms with Crippen molar-refractivity contribution >= 4 is 10.8 Å². The Morgan fingerprint density at radius 1 is 0.562 bits per heavy atom. The first kappa shape index (κ1) is 21.8. The van der Waals surface area contributed by atoms with Gasteiger partial charge in [-0.05, 0) is 89.5 Å². The van der Waals surface area contributed by atoms with Gasteiger partial charge in [-0.3, -0.25) is 0 Å². The molecule has 4 aromatic carbocycles. The maximum Gasteiger partial charge on any atom is 0.159 e. The Morgan fingerprint density at radius 3 is 1.69 bits per heavy atom. The number of hydrogen-bond donors (Lipinski definition) is 0. The van der Waals surface area contributed by atoms with E-state index in [1.165, 1.54) is 41.7 Å². The zero-order valence-electron chi connectivity index (χ0n) is 18.3. The van der Waals surface area contributed by atoms with Gasteiger partial charge in [0.15, 0.2) is 11.6 Å². The van der Waals surface area contributed by atoms with E-state index >= 15 is 0 Å². The molecule has 0 aliphatic heterocycles. The average Bonchev–Trinajstić information content (AvgIpc) is 2.82. The fraction of sp³-hybridized carbons (Fsp3) is 0.200. The highest BCUT2D eigenvalue weighted by molar-refractivity contribution is 5.84. The van der Waals surface area contributed by atoms with Crippen LogP contribution in [0.25, 0.3) is 10.8 Å². The van der Waals surface area contributed by atoms with E-state index in [2.05, 4.69) is 55.2 Å². The summed E-state index contributed by atoms with van der Waals surface area (Å²) in [5.74, 6) is 4.60. The van der Waals surface area contributed by atoms with Crippen LogP contribution in [-0.2, 0) is 19.3 Å². The van der Waals surface area contributed by atoms with E-state index in [9.17, 15) is 8.78 Å². The van der Waals surface area contributed by atoms with Crippen LogP contribution in [0.15, 0.2) is 78.9 Å². The highest BCUT2D eigenvalue weighted by Crippen LogP contribution is 2.20. The van der Waals surface area contributed by atoms with E-state index in [0.29, 0.717) is 10.8 Å². The summed E-state index contributed by atoms with van der Waals surface area (Å²) in [7, 11) is 0. The molecule has 0 unspecified atom stereocenters. The van der Waals surface area contributed by atoms with E-state index in [1.54, 1.807) is 12.1 Å². The lowest BCUT2D eigenvalue weighted by Gasteiger charge is -2.05. The van der Waals surface area contributed by atoms with Crippen LogP contribution in [0.4, 0.5) is 8.78 Å². The average molecular weight is 425 g/mol. The van der Waals surface area contributed by atoms with E-state index in [4.69, 9.17) is 0 Å². The van der Waals surface area contributed by atoms with Crippen molar-refractivity contribution in [2.45, 2.75) is 39.0 Å². The SMILES string of the molecule is CCCCc1ccc(CCc2ccc(C#Cc3ccc4cc(F)c(F)cc4c3)cc2)cc1. The zero-order chi connectivity index (χ0) is 22.3.